The molecule has 115 valence electrons. The minimum Gasteiger partial charge on any atom is -0.450 e. The van der Waals surface area contributed by atoms with Crippen LogP contribution in [0.1, 0.15) is 5.56 Å². The summed E-state index contributed by atoms with van der Waals surface area (Å²) < 4.78 is 0. The summed E-state index contributed by atoms with van der Waals surface area (Å²) in [4.78, 5) is 9.36. The van der Waals surface area contributed by atoms with Crippen LogP contribution in [0, 0.1) is 6.92 Å². The monoisotopic (exact) mass is 342 g/mol. The second kappa shape index (κ2) is 7.28. The van der Waals surface area contributed by atoms with Crippen LogP contribution in [-0.2, 0) is 0 Å². The molecule has 2 N–H and O–H groups in total. The fourth-order valence-electron chi connectivity index (χ4n) is 2.25. The van der Waals surface area contributed by atoms with Gasteiger partial charge in [0.2, 0.25) is 0 Å². The Kier molecular flexibility index (Phi) is 5.13. The summed E-state index contributed by atoms with van der Waals surface area (Å²) in [5.74, 6) is 0.464. The lowest BCUT2D eigenvalue weighted by atomic mass is 9.84. The van der Waals surface area contributed by atoms with Gasteiger partial charge >= 0.3 is 7.48 Å². The fourth-order valence-corrected chi connectivity index (χ4v) is 3.10. The maximum Gasteiger partial charge on any atom is 0.328 e. The lowest BCUT2D eigenvalue weighted by molar-refractivity contribution is 0.285. The Morgan fingerprint density at radius 1 is 1.09 bits per heavy atom. The molecular formula is C17H14BClNO2S. The molecule has 0 saturated carbocycles. The van der Waals surface area contributed by atoms with Crippen molar-refractivity contribution in [3.8, 4) is 5.75 Å². The average molecular weight is 343 g/mol. The van der Waals surface area contributed by atoms with Crippen molar-refractivity contribution in [2.24, 2.45) is 0 Å². The SMILES string of the molecule is Cc1ccc(ONSc2ccc3ccccc3c2)c(Cl)c1[B]O. The molecule has 0 amide bonds. The first-order valence-corrected chi connectivity index (χ1v) is 8.22. The zero-order valence-corrected chi connectivity index (χ0v) is 14.0. The zero-order valence-electron chi connectivity index (χ0n) is 12.4. The first-order chi connectivity index (χ1) is 11.2. The number of hydrogen-bond donors (Lipinski definition) is 2. The normalized spacial score (nSPS) is 10.7. The number of benzene rings is 3. The lowest BCUT2D eigenvalue weighted by Crippen LogP contribution is -2.20. The molecule has 3 aromatic rings. The quantitative estimate of drug-likeness (QED) is 0.422. The molecule has 1 radical (unpaired) electrons. The van der Waals surface area contributed by atoms with Crippen LogP contribution in [0.25, 0.3) is 10.8 Å². The second-order valence-corrected chi connectivity index (χ2v) is 6.25. The molecule has 0 heterocycles. The summed E-state index contributed by atoms with van der Waals surface area (Å²) in [6, 6.07) is 18.0. The van der Waals surface area contributed by atoms with Crippen LogP contribution in [0.4, 0.5) is 0 Å². The lowest BCUT2D eigenvalue weighted by Gasteiger charge is -2.11. The molecule has 6 heteroatoms. The van der Waals surface area contributed by atoms with Gasteiger partial charge in [0.25, 0.3) is 0 Å². The minimum atomic E-state index is 0.374. The van der Waals surface area contributed by atoms with Crippen molar-refractivity contribution in [3.05, 3.63) is 65.2 Å². The van der Waals surface area contributed by atoms with E-state index >= 15 is 0 Å². The summed E-state index contributed by atoms with van der Waals surface area (Å²) in [6.07, 6.45) is 0. The van der Waals surface area contributed by atoms with Gasteiger partial charge in [-0.1, -0.05) is 58.4 Å². The molecule has 3 rings (SSSR count). The molecule has 0 unspecified atom stereocenters. The van der Waals surface area contributed by atoms with Crippen molar-refractivity contribution in [2.45, 2.75) is 11.8 Å². The van der Waals surface area contributed by atoms with Gasteiger partial charge in [0.1, 0.15) is 0 Å². The summed E-state index contributed by atoms with van der Waals surface area (Å²) in [5.41, 5.74) is 1.44. The van der Waals surface area contributed by atoms with Crippen molar-refractivity contribution in [3.63, 3.8) is 0 Å². The van der Waals surface area contributed by atoms with E-state index in [1.807, 2.05) is 31.2 Å². The van der Waals surface area contributed by atoms with Crippen LogP contribution in [0.5, 0.6) is 5.75 Å². The van der Waals surface area contributed by atoms with E-state index in [1.165, 1.54) is 22.7 Å². The van der Waals surface area contributed by atoms with Crippen LogP contribution in [0.3, 0.4) is 0 Å². The van der Waals surface area contributed by atoms with Gasteiger partial charge in [-0.2, -0.15) is 0 Å². The van der Waals surface area contributed by atoms with Gasteiger partial charge in [-0.25, -0.2) is 0 Å². The minimum absolute atomic E-state index is 0.374. The molecule has 0 fully saturated rings. The van der Waals surface area contributed by atoms with Crippen molar-refractivity contribution in [1.82, 2.24) is 4.89 Å². The van der Waals surface area contributed by atoms with Crippen LogP contribution >= 0.6 is 23.5 Å². The summed E-state index contributed by atoms with van der Waals surface area (Å²) in [6.45, 7) is 1.87. The molecule has 0 atom stereocenters. The highest BCUT2D eigenvalue weighted by molar-refractivity contribution is 7.97. The number of hydrogen-bond acceptors (Lipinski definition) is 4. The molecule has 0 aliphatic heterocycles. The standard InChI is InChI=1S/C17H14BClNO2S/c1-11-6-9-15(17(19)16(11)18-21)22-20-23-14-8-7-12-4-2-3-5-13(12)10-14/h2-10,20-21H,1H3. The van der Waals surface area contributed by atoms with Gasteiger partial charge in [-0.05, 0) is 53.3 Å². The number of nitrogens with one attached hydrogen (secondary N) is 1. The third-order valence-electron chi connectivity index (χ3n) is 3.52. The van der Waals surface area contributed by atoms with E-state index in [1.54, 1.807) is 6.07 Å². The van der Waals surface area contributed by atoms with Crippen LogP contribution in [0.15, 0.2) is 59.5 Å². The highest BCUT2D eigenvalue weighted by Gasteiger charge is 2.11. The van der Waals surface area contributed by atoms with E-state index in [4.69, 9.17) is 16.4 Å². The van der Waals surface area contributed by atoms with E-state index in [0.717, 1.165) is 17.9 Å². The van der Waals surface area contributed by atoms with Crippen molar-refractivity contribution < 1.29 is 9.86 Å². The van der Waals surface area contributed by atoms with Crippen molar-refractivity contribution >= 4 is 47.3 Å². The topological polar surface area (TPSA) is 41.5 Å². The van der Waals surface area contributed by atoms with Crippen LogP contribution in [-0.4, -0.2) is 12.5 Å². The van der Waals surface area contributed by atoms with Gasteiger partial charge < -0.3 is 9.86 Å². The predicted octanol–water partition coefficient (Wildman–Crippen LogP) is 3.63. The van der Waals surface area contributed by atoms with Gasteiger partial charge in [0.05, 0.1) is 5.02 Å². The molecule has 0 aliphatic rings. The molecule has 3 nitrogen and oxygen atoms in total. The predicted molar refractivity (Wildman–Crippen MR) is 97.4 cm³/mol. The Hall–Kier alpha value is -1.66. The average Bonchev–Trinajstić information content (AvgIpc) is 2.57. The third-order valence-corrected chi connectivity index (χ3v) is 4.57. The molecule has 0 saturated heterocycles. The smallest absolute Gasteiger partial charge is 0.328 e. The summed E-state index contributed by atoms with van der Waals surface area (Å²) >= 11 is 7.56. The fraction of sp³-hybridized carbons (Fsp3) is 0.0588. The Morgan fingerprint density at radius 3 is 2.65 bits per heavy atom. The van der Waals surface area contributed by atoms with E-state index in [-0.39, 0.29) is 0 Å². The first-order valence-electron chi connectivity index (χ1n) is 7.03. The number of fused-ring (bicyclic) bond motifs is 1. The molecule has 3 aromatic carbocycles. The number of rotatable bonds is 5. The number of halogens is 1. The molecule has 0 aliphatic carbocycles. The number of aryl methyl sites for hydroxylation is 1. The first kappa shape index (κ1) is 16.2. The molecule has 0 aromatic heterocycles. The van der Waals surface area contributed by atoms with E-state index in [2.05, 4.69) is 29.2 Å². The highest BCUT2D eigenvalue weighted by atomic mass is 35.5. The molecule has 23 heavy (non-hydrogen) atoms. The zero-order chi connectivity index (χ0) is 16.2. The van der Waals surface area contributed by atoms with Crippen LogP contribution < -0.4 is 15.2 Å². The van der Waals surface area contributed by atoms with Gasteiger partial charge in [-0.15, -0.1) is 0 Å². The maximum atomic E-state index is 9.24. The Labute approximate surface area is 145 Å². The van der Waals surface area contributed by atoms with Gasteiger partial charge in [0, 0.05) is 4.90 Å². The molecule has 0 spiro atoms. The Morgan fingerprint density at radius 2 is 1.87 bits per heavy atom. The molecular weight excluding hydrogens is 329 g/mol. The van der Waals surface area contributed by atoms with E-state index in [9.17, 15) is 5.02 Å². The van der Waals surface area contributed by atoms with Crippen LogP contribution in [0.2, 0.25) is 5.02 Å². The largest absolute Gasteiger partial charge is 0.450 e. The van der Waals surface area contributed by atoms with Gasteiger partial charge in [-0.3, -0.25) is 0 Å². The maximum absolute atomic E-state index is 9.24. The Balaban J connectivity index is 1.69. The highest BCUT2D eigenvalue weighted by Crippen LogP contribution is 2.25. The van der Waals surface area contributed by atoms with Gasteiger partial charge in [0.15, 0.2) is 5.75 Å². The van der Waals surface area contributed by atoms with E-state index in [0.29, 0.717) is 16.2 Å². The Bertz CT molecular complexity index is 844. The van der Waals surface area contributed by atoms with Crippen molar-refractivity contribution in [2.75, 3.05) is 0 Å². The third kappa shape index (κ3) is 3.64. The van der Waals surface area contributed by atoms with Crippen molar-refractivity contribution in [1.29, 1.82) is 0 Å². The van der Waals surface area contributed by atoms with E-state index < -0.39 is 0 Å². The molecule has 0 bridgehead atoms. The second-order valence-electron chi connectivity index (χ2n) is 5.03. The summed E-state index contributed by atoms with van der Waals surface area (Å²) in [5, 5.41) is 12.0. The summed E-state index contributed by atoms with van der Waals surface area (Å²) in [7, 11) is 0.987.